The minimum Gasteiger partial charge on any atom is -0.458 e. The summed E-state index contributed by atoms with van der Waals surface area (Å²) in [5.74, 6) is -3.05. The maximum Gasteiger partial charge on any atom is 0.416 e. The zero-order valence-corrected chi connectivity index (χ0v) is 16.6. The Balaban J connectivity index is 2.74. The van der Waals surface area contributed by atoms with E-state index in [0.717, 1.165) is 6.07 Å². The molecule has 0 saturated carbocycles. The quantitative estimate of drug-likeness (QED) is 0.522. The van der Waals surface area contributed by atoms with Crippen LogP contribution in [-0.2, 0) is 25.2 Å². The van der Waals surface area contributed by atoms with Crippen LogP contribution in [0.4, 0.5) is 13.2 Å². The lowest BCUT2D eigenvalue weighted by molar-refractivity contribution is -0.141. The Morgan fingerprint density at radius 2 is 1.47 bits per heavy atom. The van der Waals surface area contributed by atoms with Gasteiger partial charge in [0.2, 0.25) is 0 Å². The molecule has 0 aliphatic carbocycles. The monoisotopic (exact) mass is 421 g/mol. The third kappa shape index (κ3) is 4.82. The minimum atomic E-state index is -4.70. The number of carbonyl (C=O) groups excluding carboxylic acids is 2. The van der Waals surface area contributed by atoms with Crippen molar-refractivity contribution < 1.29 is 32.2 Å². The van der Waals surface area contributed by atoms with E-state index in [0.29, 0.717) is 0 Å². The number of allylic oxidation sites excluding steroid dienone is 2. The van der Waals surface area contributed by atoms with Crippen LogP contribution in [-0.4, -0.2) is 25.2 Å². The molecule has 0 radical (unpaired) electrons. The first-order chi connectivity index (χ1) is 14.1. The molecule has 160 valence electrons. The first kappa shape index (κ1) is 23.0. The topological polar surface area (TPSA) is 64.6 Å². The number of hydrogen-bond donors (Lipinski definition) is 1. The molecule has 0 amide bonds. The SMILES string of the molecule is C=CCOC(=O)C1=C(C)NC(C)=C(C(=O)OCC=C)C1c1ccccc1C(F)(F)F. The largest absolute Gasteiger partial charge is 0.458 e. The number of halogens is 3. The van der Waals surface area contributed by atoms with Crippen LogP contribution >= 0.6 is 0 Å². The van der Waals surface area contributed by atoms with E-state index in [-0.39, 0.29) is 41.3 Å². The third-order valence-electron chi connectivity index (χ3n) is 4.44. The van der Waals surface area contributed by atoms with Crippen LogP contribution in [0.15, 0.2) is 72.1 Å². The number of ether oxygens (including phenoxy) is 2. The Kier molecular flexibility index (Phi) is 7.26. The van der Waals surface area contributed by atoms with Crippen LogP contribution in [0.3, 0.4) is 0 Å². The lowest BCUT2D eigenvalue weighted by Crippen LogP contribution is -2.33. The van der Waals surface area contributed by atoms with Crippen molar-refractivity contribution >= 4 is 11.9 Å². The molecule has 1 aromatic rings. The van der Waals surface area contributed by atoms with Crippen LogP contribution in [0.2, 0.25) is 0 Å². The van der Waals surface area contributed by atoms with Gasteiger partial charge in [-0.05, 0) is 25.5 Å². The summed E-state index contributed by atoms with van der Waals surface area (Å²) in [5, 5.41) is 2.88. The standard InChI is InChI=1S/C22H22F3NO4/c1-5-11-29-20(27)17-13(3)26-14(4)18(21(28)30-12-6-2)19(17)15-9-7-8-10-16(15)22(23,24)25/h5-10,19,26H,1-2,11-12H2,3-4H3. The molecule has 1 aromatic carbocycles. The van der Waals surface area contributed by atoms with Gasteiger partial charge in [-0.2, -0.15) is 13.2 Å². The van der Waals surface area contributed by atoms with E-state index in [9.17, 15) is 22.8 Å². The highest BCUT2D eigenvalue weighted by atomic mass is 19.4. The Labute approximate surface area is 172 Å². The van der Waals surface area contributed by atoms with Gasteiger partial charge in [0, 0.05) is 11.4 Å². The molecule has 1 aliphatic rings. The zero-order valence-electron chi connectivity index (χ0n) is 16.6. The predicted octanol–water partition coefficient (Wildman–Crippen LogP) is 4.40. The average Bonchev–Trinajstić information content (AvgIpc) is 2.69. The molecule has 0 atom stereocenters. The highest BCUT2D eigenvalue weighted by molar-refractivity contribution is 6.00. The predicted molar refractivity (Wildman–Crippen MR) is 105 cm³/mol. The molecule has 0 unspecified atom stereocenters. The molecular weight excluding hydrogens is 399 g/mol. The summed E-state index contributed by atoms with van der Waals surface area (Å²) in [4.78, 5) is 25.5. The van der Waals surface area contributed by atoms with Gasteiger partial charge in [-0.1, -0.05) is 43.5 Å². The second-order valence-electron chi connectivity index (χ2n) is 6.49. The number of carbonyl (C=O) groups is 2. The molecule has 0 bridgehead atoms. The van der Waals surface area contributed by atoms with Crippen LogP contribution in [0.25, 0.3) is 0 Å². The van der Waals surface area contributed by atoms with Gasteiger partial charge in [-0.15, -0.1) is 0 Å². The fourth-order valence-electron chi connectivity index (χ4n) is 3.28. The molecule has 8 heteroatoms. The van der Waals surface area contributed by atoms with Crippen molar-refractivity contribution in [2.24, 2.45) is 0 Å². The van der Waals surface area contributed by atoms with Crippen molar-refractivity contribution in [3.8, 4) is 0 Å². The van der Waals surface area contributed by atoms with E-state index in [4.69, 9.17) is 9.47 Å². The fourth-order valence-corrected chi connectivity index (χ4v) is 3.28. The number of rotatable bonds is 7. The van der Waals surface area contributed by atoms with Crippen molar-refractivity contribution in [1.82, 2.24) is 5.32 Å². The van der Waals surface area contributed by atoms with Crippen LogP contribution in [0.1, 0.15) is 30.9 Å². The molecule has 30 heavy (non-hydrogen) atoms. The third-order valence-corrected chi connectivity index (χ3v) is 4.44. The fraction of sp³-hybridized carbons (Fsp3) is 0.273. The Morgan fingerprint density at radius 1 is 1.00 bits per heavy atom. The number of dihydropyridines is 1. The van der Waals surface area contributed by atoms with Gasteiger partial charge in [0.05, 0.1) is 22.6 Å². The maximum atomic E-state index is 13.8. The first-order valence-electron chi connectivity index (χ1n) is 9.04. The number of nitrogens with one attached hydrogen (secondary N) is 1. The number of alkyl halides is 3. The van der Waals surface area contributed by atoms with Gasteiger partial charge in [0.25, 0.3) is 0 Å². The minimum absolute atomic E-state index is 0.107. The van der Waals surface area contributed by atoms with E-state index in [2.05, 4.69) is 18.5 Å². The highest BCUT2D eigenvalue weighted by Gasteiger charge is 2.43. The molecule has 1 aliphatic heterocycles. The molecule has 0 saturated heterocycles. The number of benzene rings is 1. The molecule has 1 N–H and O–H groups in total. The van der Waals surface area contributed by atoms with Gasteiger partial charge in [-0.3, -0.25) is 0 Å². The summed E-state index contributed by atoms with van der Waals surface area (Å²) in [5.41, 5.74) is -0.858. The number of hydrogen-bond acceptors (Lipinski definition) is 5. The molecule has 2 rings (SSSR count). The summed E-state index contributed by atoms with van der Waals surface area (Å²) in [7, 11) is 0. The van der Waals surface area contributed by atoms with Crippen molar-refractivity contribution in [2.45, 2.75) is 25.9 Å². The van der Waals surface area contributed by atoms with Crippen molar-refractivity contribution in [2.75, 3.05) is 13.2 Å². The summed E-state index contributed by atoms with van der Waals surface area (Å²) in [6, 6.07) is 4.80. The van der Waals surface area contributed by atoms with E-state index in [1.165, 1.54) is 44.2 Å². The Hall–Kier alpha value is -3.29. The molecular formula is C22H22F3NO4. The summed E-state index contributed by atoms with van der Waals surface area (Å²) < 4.78 is 51.4. The maximum absolute atomic E-state index is 13.8. The Bertz CT molecular complexity index is 883. The Morgan fingerprint density at radius 3 is 1.90 bits per heavy atom. The highest BCUT2D eigenvalue weighted by Crippen LogP contribution is 2.44. The van der Waals surface area contributed by atoms with Gasteiger partial charge < -0.3 is 14.8 Å². The van der Waals surface area contributed by atoms with Crippen molar-refractivity contribution in [3.63, 3.8) is 0 Å². The van der Waals surface area contributed by atoms with Crippen LogP contribution in [0.5, 0.6) is 0 Å². The normalized spacial score (nSPS) is 14.8. The van der Waals surface area contributed by atoms with E-state index < -0.39 is 29.6 Å². The first-order valence-corrected chi connectivity index (χ1v) is 9.04. The van der Waals surface area contributed by atoms with Gasteiger partial charge >= 0.3 is 18.1 Å². The molecule has 1 heterocycles. The number of esters is 2. The van der Waals surface area contributed by atoms with Gasteiger partial charge in [-0.25, -0.2) is 9.59 Å². The molecule has 0 fully saturated rings. The zero-order chi connectivity index (χ0) is 22.5. The second-order valence-corrected chi connectivity index (χ2v) is 6.49. The summed E-state index contributed by atoms with van der Waals surface area (Å²) in [6.45, 7) is 9.71. The van der Waals surface area contributed by atoms with Crippen molar-refractivity contribution in [1.29, 1.82) is 0 Å². The van der Waals surface area contributed by atoms with E-state index >= 15 is 0 Å². The lowest BCUT2D eigenvalue weighted by Gasteiger charge is -2.31. The summed E-state index contributed by atoms with van der Waals surface area (Å²) in [6.07, 6.45) is -2.03. The van der Waals surface area contributed by atoms with Crippen molar-refractivity contribution in [3.05, 3.63) is 83.2 Å². The van der Waals surface area contributed by atoms with E-state index in [1.54, 1.807) is 0 Å². The molecule has 0 spiro atoms. The van der Waals surface area contributed by atoms with Gasteiger partial charge in [0.1, 0.15) is 13.2 Å². The van der Waals surface area contributed by atoms with Crippen LogP contribution in [0, 0.1) is 0 Å². The van der Waals surface area contributed by atoms with Gasteiger partial charge in [0.15, 0.2) is 0 Å². The van der Waals surface area contributed by atoms with E-state index in [1.807, 2.05) is 0 Å². The van der Waals surface area contributed by atoms with Crippen LogP contribution < -0.4 is 5.32 Å². The molecule has 0 aromatic heterocycles. The lowest BCUT2D eigenvalue weighted by atomic mass is 9.78. The second kappa shape index (κ2) is 9.47. The smallest absolute Gasteiger partial charge is 0.416 e. The average molecular weight is 421 g/mol. The summed E-state index contributed by atoms with van der Waals surface area (Å²) >= 11 is 0. The molecule has 5 nitrogen and oxygen atoms in total.